The number of nitrogens with zero attached hydrogens (tertiary/aromatic N) is 3. The number of halogens is 1. The molecule has 2 aliphatic rings. The zero-order valence-corrected chi connectivity index (χ0v) is 21.4. The number of carbonyl (C=O) groups excluding carboxylic acids is 1. The van der Waals surface area contributed by atoms with E-state index in [9.17, 15) is 21.6 Å². The standard InChI is InChI=1S/C25H21FN4O6S2/c26-24-21-10-17(19-12-27-30(13-19)37(32,33)20-8-9-20)6-7-18(21)11-22(36-15-16-4-2-1-3-5-16)25(24)29-14-23(31)28-38(29,34)35/h1-7,10-13,20H,8-9,14-15H2,(H,28,31). The van der Waals surface area contributed by atoms with E-state index in [1.165, 1.54) is 24.5 Å². The van der Waals surface area contributed by atoms with Crippen LogP contribution in [0.1, 0.15) is 18.4 Å². The normalized spacial score (nSPS) is 17.1. The molecular weight excluding hydrogens is 535 g/mol. The van der Waals surface area contributed by atoms with Crippen molar-refractivity contribution in [3.05, 3.63) is 78.4 Å². The number of hydrogen-bond acceptors (Lipinski definition) is 7. The Labute approximate surface area is 217 Å². The van der Waals surface area contributed by atoms with Crippen LogP contribution in [-0.4, -0.2) is 43.7 Å². The maximum Gasteiger partial charge on any atom is 0.326 e. The van der Waals surface area contributed by atoms with E-state index in [0.717, 1.165) is 9.65 Å². The second-order valence-corrected chi connectivity index (χ2v) is 12.8. The highest BCUT2D eigenvalue weighted by atomic mass is 32.2. The van der Waals surface area contributed by atoms with Crippen molar-refractivity contribution in [1.29, 1.82) is 0 Å². The lowest BCUT2D eigenvalue weighted by Gasteiger charge is -2.21. The Morgan fingerprint density at radius 1 is 1.08 bits per heavy atom. The number of amides is 1. The van der Waals surface area contributed by atoms with Crippen LogP contribution in [-0.2, 0) is 31.6 Å². The minimum absolute atomic E-state index is 0.0424. The van der Waals surface area contributed by atoms with Gasteiger partial charge in [0.25, 0.3) is 15.9 Å². The van der Waals surface area contributed by atoms with Gasteiger partial charge in [0, 0.05) is 10.9 Å². The van der Waals surface area contributed by atoms with E-state index in [2.05, 4.69) is 5.10 Å². The van der Waals surface area contributed by atoms with Gasteiger partial charge < -0.3 is 4.74 Å². The summed E-state index contributed by atoms with van der Waals surface area (Å²) < 4.78 is 75.8. The first-order valence-electron chi connectivity index (χ1n) is 11.7. The van der Waals surface area contributed by atoms with Gasteiger partial charge in [-0.1, -0.05) is 42.5 Å². The molecule has 2 heterocycles. The summed E-state index contributed by atoms with van der Waals surface area (Å²) in [5, 5.41) is 4.03. The number of aromatic nitrogens is 2. The molecule has 0 atom stereocenters. The minimum Gasteiger partial charge on any atom is -0.487 e. The first-order valence-corrected chi connectivity index (χ1v) is 14.6. The van der Waals surface area contributed by atoms with Gasteiger partial charge in [0.2, 0.25) is 0 Å². The summed E-state index contributed by atoms with van der Waals surface area (Å²) in [5.41, 5.74) is 1.32. The lowest BCUT2D eigenvalue weighted by molar-refractivity contribution is -0.117. The average molecular weight is 557 g/mol. The van der Waals surface area contributed by atoms with Gasteiger partial charge in [-0.3, -0.25) is 4.79 Å². The Kier molecular flexibility index (Phi) is 5.65. The van der Waals surface area contributed by atoms with Crippen LogP contribution >= 0.6 is 0 Å². The molecule has 1 N–H and O–H groups in total. The number of fused-ring (bicyclic) bond motifs is 1. The number of nitrogens with one attached hydrogen (secondary N) is 1. The lowest BCUT2D eigenvalue weighted by Crippen LogP contribution is -2.30. The van der Waals surface area contributed by atoms with Crippen molar-refractivity contribution < 1.29 is 30.8 Å². The molecule has 13 heteroatoms. The number of benzene rings is 3. The molecule has 10 nitrogen and oxygen atoms in total. The number of hydrogen-bond donors (Lipinski definition) is 1. The third kappa shape index (κ3) is 4.27. The van der Waals surface area contributed by atoms with Gasteiger partial charge in [0.15, 0.2) is 5.82 Å². The fraction of sp³-hybridized carbons (Fsp3) is 0.200. The lowest BCUT2D eigenvalue weighted by atomic mass is 10.0. The van der Waals surface area contributed by atoms with Gasteiger partial charge in [-0.15, -0.1) is 0 Å². The summed E-state index contributed by atoms with van der Waals surface area (Å²) >= 11 is 0. The van der Waals surface area contributed by atoms with Gasteiger partial charge in [0.05, 0.1) is 17.6 Å². The van der Waals surface area contributed by atoms with E-state index in [0.29, 0.717) is 33.7 Å². The van der Waals surface area contributed by atoms with Crippen LogP contribution in [0.25, 0.3) is 21.9 Å². The molecule has 1 amide bonds. The molecule has 196 valence electrons. The molecule has 0 spiro atoms. The summed E-state index contributed by atoms with van der Waals surface area (Å²) in [4.78, 5) is 11.9. The topological polar surface area (TPSA) is 128 Å². The van der Waals surface area contributed by atoms with Gasteiger partial charge in [-0.2, -0.15) is 17.6 Å². The minimum atomic E-state index is -4.33. The van der Waals surface area contributed by atoms with Crippen molar-refractivity contribution in [2.45, 2.75) is 24.7 Å². The van der Waals surface area contributed by atoms with Crippen molar-refractivity contribution >= 4 is 42.6 Å². The number of rotatable bonds is 7. The maximum atomic E-state index is 16.1. The second-order valence-electron chi connectivity index (χ2n) is 9.13. The zero-order valence-electron chi connectivity index (χ0n) is 19.7. The molecule has 6 rings (SSSR count). The van der Waals surface area contributed by atoms with Gasteiger partial charge in [0.1, 0.15) is 24.6 Å². The Bertz CT molecular complexity index is 1800. The molecule has 1 saturated heterocycles. The molecule has 38 heavy (non-hydrogen) atoms. The predicted octanol–water partition coefficient (Wildman–Crippen LogP) is 2.94. The van der Waals surface area contributed by atoms with Crippen molar-refractivity contribution in [3.8, 4) is 16.9 Å². The molecule has 1 saturated carbocycles. The van der Waals surface area contributed by atoms with Crippen LogP contribution in [0.4, 0.5) is 10.1 Å². The summed E-state index contributed by atoms with van der Waals surface area (Å²) in [5.74, 6) is -1.74. The molecule has 1 aliphatic heterocycles. The van der Waals surface area contributed by atoms with Crippen LogP contribution in [0.15, 0.2) is 67.0 Å². The summed E-state index contributed by atoms with van der Waals surface area (Å²) in [6.07, 6.45) is 3.93. The first-order chi connectivity index (χ1) is 18.1. The second kappa shape index (κ2) is 8.81. The van der Waals surface area contributed by atoms with E-state index in [1.54, 1.807) is 12.1 Å². The van der Waals surface area contributed by atoms with Crippen molar-refractivity contribution in [2.75, 3.05) is 10.8 Å². The third-order valence-electron chi connectivity index (χ3n) is 6.42. The fourth-order valence-corrected chi connectivity index (χ4v) is 6.97. The molecule has 1 aromatic heterocycles. The van der Waals surface area contributed by atoms with E-state index in [4.69, 9.17) is 4.74 Å². The molecule has 3 aromatic carbocycles. The molecule has 4 aromatic rings. The van der Waals surface area contributed by atoms with E-state index in [-0.39, 0.29) is 17.7 Å². The summed E-state index contributed by atoms with van der Waals surface area (Å²) in [6.45, 7) is -0.557. The molecule has 0 bridgehead atoms. The highest BCUT2D eigenvalue weighted by molar-refractivity contribution is 7.92. The van der Waals surface area contributed by atoms with Crippen LogP contribution < -0.4 is 13.8 Å². The Morgan fingerprint density at radius 2 is 1.84 bits per heavy atom. The molecule has 1 aliphatic carbocycles. The Balaban J connectivity index is 1.45. The smallest absolute Gasteiger partial charge is 0.326 e. The third-order valence-corrected chi connectivity index (χ3v) is 9.84. The van der Waals surface area contributed by atoms with Gasteiger partial charge >= 0.3 is 10.2 Å². The van der Waals surface area contributed by atoms with Crippen molar-refractivity contribution in [3.63, 3.8) is 0 Å². The number of carbonyl (C=O) groups is 1. The fourth-order valence-electron chi connectivity index (χ4n) is 4.33. The molecule has 2 fully saturated rings. The zero-order chi connectivity index (χ0) is 26.7. The van der Waals surface area contributed by atoms with E-state index < -0.39 is 49.4 Å². The van der Waals surface area contributed by atoms with Crippen molar-refractivity contribution in [2.24, 2.45) is 0 Å². The van der Waals surface area contributed by atoms with Gasteiger partial charge in [-0.05, 0) is 41.5 Å². The van der Waals surface area contributed by atoms with Crippen LogP contribution in [0.5, 0.6) is 5.75 Å². The number of ether oxygens (including phenoxy) is 1. The van der Waals surface area contributed by atoms with Crippen molar-refractivity contribution in [1.82, 2.24) is 13.9 Å². The first kappa shape index (κ1) is 24.4. The van der Waals surface area contributed by atoms with E-state index >= 15 is 4.39 Å². The largest absolute Gasteiger partial charge is 0.487 e. The highest BCUT2D eigenvalue weighted by Gasteiger charge is 2.39. The highest BCUT2D eigenvalue weighted by Crippen LogP contribution is 2.41. The summed E-state index contributed by atoms with van der Waals surface area (Å²) in [6, 6.07) is 15.4. The van der Waals surface area contributed by atoms with Gasteiger partial charge in [-0.25, -0.2) is 21.8 Å². The average Bonchev–Trinajstić information content (AvgIpc) is 3.57. The maximum absolute atomic E-state index is 16.1. The SMILES string of the molecule is O=C1CN(c2c(OCc3ccccc3)cc3ccc(-c4cnn(S(=O)(=O)C5CC5)c4)cc3c2F)S(=O)(=O)N1. The summed E-state index contributed by atoms with van der Waals surface area (Å²) in [7, 11) is -7.90. The van der Waals surface area contributed by atoms with Crippen LogP contribution in [0.3, 0.4) is 0 Å². The van der Waals surface area contributed by atoms with E-state index in [1.807, 2.05) is 35.1 Å². The van der Waals surface area contributed by atoms with Crippen LogP contribution in [0, 0.1) is 5.82 Å². The molecule has 0 radical (unpaired) electrons. The Hall–Kier alpha value is -3.97. The van der Waals surface area contributed by atoms with Crippen LogP contribution in [0.2, 0.25) is 0 Å². The Morgan fingerprint density at radius 3 is 2.53 bits per heavy atom. The quantitative estimate of drug-likeness (QED) is 0.371. The monoisotopic (exact) mass is 556 g/mol. The number of anilines is 1. The molecular formula is C25H21FN4O6S2. The predicted molar refractivity (Wildman–Crippen MR) is 138 cm³/mol. The molecule has 0 unspecified atom stereocenters.